The van der Waals surface area contributed by atoms with E-state index in [0.717, 1.165) is 15.6 Å². The van der Waals surface area contributed by atoms with Gasteiger partial charge in [-0.2, -0.15) is 0 Å². The SMILES string of the molecule is COc1cc(Br)ccc1C(Cl)c1cc(Cl)ccc1Cl. The standard InChI is InChI=1S/C14H10BrCl3O/c1-19-13-6-8(15)2-4-10(13)14(18)11-7-9(16)3-5-12(11)17/h2-7,14H,1H3. The third-order valence-corrected chi connectivity index (χ3v) is 4.24. The molecule has 0 heterocycles. The van der Waals surface area contributed by atoms with Gasteiger partial charge in [-0.25, -0.2) is 0 Å². The molecule has 5 heteroatoms. The molecule has 100 valence electrons. The molecule has 0 saturated carbocycles. The lowest BCUT2D eigenvalue weighted by Crippen LogP contribution is -1.98. The Morgan fingerprint density at radius 2 is 1.79 bits per heavy atom. The lowest BCUT2D eigenvalue weighted by Gasteiger charge is -2.16. The Hall–Kier alpha value is -0.410. The molecule has 2 aromatic carbocycles. The summed E-state index contributed by atoms with van der Waals surface area (Å²) in [4.78, 5) is 0. The zero-order valence-corrected chi connectivity index (χ0v) is 13.8. The molecule has 0 spiro atoms. The lowest BCUT2D eigenvalue weighted by molar-refractivity contribution is 0.410. The predicted octanol–water partition coefficient (Wildman–Crippen LogP) is 6.09. The van der Waals surface area contributed by atoms with E-state index in [0.29, 0.717) is 15.8 Å². The van der Waals surface area contributed by atoms with Gasteiger partial charge in [-0.3, -0.25) is 0 Å². The minimum atomic E-state index is -0.422. The van der Waals surface area contributed by atoms with E-state index in [1.165, 1.54) is 0 Å². The van der Waals surface area contributed by atoms with Crippen molar-refractivity contribution >= 4 is 50.7 Å². The van der Waals surface area contributed by atoms with E-state index in [4.69, 9.17) is 39.5 Å². The summed E-state index contributed by atoms with van der Waals surface area (Å²) >= 11 is 22.1. The minimum absolute atomic E-state index is 0.422. The summed E-state index contributed by atoms with van der Waals surface area (Å²) in [7, 11) is 1.61. The van der Waals surface area contributed by atoms with Crippen molar-refractivity contribution in [1.29, 1.82) is 0 Å². The highest BCUT2D eigenvalue weighted by Crippen LogP contribution is 2.40. The molecule has 0 radical (unpaired) electrons. The van der Waals surface area contributed by atoms with Crippen molar-refractivity contribution < 1.29 is 4.74 Å². The largest absolute Gasteiger partial charge is 0.496 e. The van der Waals surface area contributed by atoms with E-state index >= 15 is 0 Å². The van der Waals surface area contributed by atoms with E-state index in [9.17, 15) is 0 Å². The van der Waals surface area contributed by atoms with Gasteiger partial charge in [0, 0.05) is 20.1 Å². The maximum absolute atomic E-state index is 6.51. The number of hydrogen-bond donors (Lipinski definition) is 0. The monoisotopic (exact) mass is 378 g/mol. The van der Waals surface area contributed by atoms with Crippen LogP contribution in [0, 0.1) is 0 Å². The van der Waals surface area contributed by atoms with Crippen molar-refractivity contribution in [3.8, 4) is 5.75 Å². The van der Waals surface area contributed by atoms with Gasteiger partial charge in [-0.1, -0.05) is 45.2 Å². The average molecular weight is 380 g/mol. The maximum Gasteiger partial charge on any atom is 0.125 e. The van der Waals surface area contributed by atoms with Crippen molar-refractivity contribution in [3.05, 3.63) is 62.0 Å². The Bertz CT molecular complexity index is 601. The van der Waals surface area contributed by atoms with E-state index in [1.807, 2.05) is 18.2 Å². The molecule has 0 aliphatic rings. The van der Waals surface area contributed by atoms with Gasteiger partial charge in [0.25, 0.3) is 0 Å². The van der Waals surface area contributed by atoms with E-state index in [-0.39, 0.29) is 0 Å². The van der Waals surface area contributed by atoms with Crippen molar-refractivity contribution in [1.82, 2.24) is 0 Å². The van der Waals surface area contributed by atoms with Gasteiger partial charge in [0.1, 0.15) is 5.75 Å². The van der Waals surface area contributed by atoms with Gasteiger partial charge in [-0.05, 0) is 35.9 Å². The van der Waals surface area contributed by atoms with Crippen molar-refractivity contribution in [3.63, 3.8) is 0 Å². The Morgan fingerprint density at radius 3 is 2.47 bits per heavy atom. The van der Waals surface area contributed by atoms with E-state index < -0.39 is 5.38 Å². The summed E-state index contributed by atoms with van der Waals surface area (Å²) in [6.45, 7) is 0. The third kappa shape index (κ3) is 3.38. The zero-order valence-electron chi connectivity index (χ0n) is 9.96. The molecule has 0 N–H and O–H groups in total. The highest BCUT2D eigenvalue weighted by atomic mass is 79.9. The number of hydrogen-bond acceptors (Lipinski definition) is 1. The van der Waals surface area contributed by atoms with Gasteiger partial charge in [0.15, 0.2) is 0 Å². The van der Waals surface area contributed by atoms with Crippen molar-refractivity contribution in [2.75, 3.05) is 7.11 Å². The van der Waals surface area contributed by atoms with Crippen LogP contribution in [0.1, 0.15) is 16.5 Å². The molecule has 1 atom stereocenters. The van der Waals surface area contributed by atoms with Crippen LogP contribution in [0.5, 0.6) is 5.75 Å². The normalized spacial score (nSPS) is 12.3. The summed E-state index contributed by atoms with van der Waals surface area (Å²) in [5.74, 6) is 0.699. The fraction of sp³-hybridized carbons (Fsp3) is 0.143. The van der Waals surface area contributed by atoms with E-state index in [2.05, 4.69) is 15.9 Å². The van der Waals surface area contributed by atoms with Gasteiger partial charge in [0.2, 0.25) is 0 Å². The molecule has 0 amide bonds. The summed E-state index contributed by atoms with van der Waals surface area (Å²) in [6, 6.07) is 10.9. The molecule has 1 unspecified atom stereocenters. The van der Waals surface area contributed by atoms with Crippen LogP contribution in [0.2, 0.25) is 10.0 Å². The predicted molar refractivity (Wildman–Crippen MR) is 84.9 cm³/mol. The zero-order chi connectivity index (χ0) is 14.0. The van der Waals surface area contributed by atoms with Crippen LogP contribution >= 0.6 is 50.7 Å². The Balaban J connectivity index is 2.49. The van der Waals surface area contributed by atoms with Crippen molar-refractivity contribution in [2.45, 2.75) is 5.38 Å². The van der Waals surface area contributed by atoms with E-state index in [1.54, 1.807) is 25.3 Å². The highest BCUT2D eigenvalue weighted by molar-refractivity contribution is 9.10. The molecule has 0 aromatic heterocycles. The molecule has 2 rings (SSSR count). The summed E-state index contributed by atoms with van der Waals surface area (Å²) < 4.78 is 6.27. The first-order valence-corrected chi connectivity index (χ1v) is 7.44. The molecule has 1 nitrogen and oxygen atoms in total. The fourth-order valence-electron chi connectivity index (χ4n) is 1.77. The molecule has 2 aromatic rings. The number of rotatable bonds is 3. The number of alkyl halides is 1. The average Bonchev–Trinajstić information content (AvgIpc) is 2.40. The van der Waals surface area contributed by atoms with Crippen LogP contribution in [0.4, 0.5) is 0 Å². The Labute approximate surface area is 135 Å². The number of halogens is 4. The first kappa shape index (κ1) is 15.0. The third-order valence-electron chi connectivity index (χ3n) is 2.70. The van der Waals surface area contributed by atoms with Crippen LogP contribution in [-0.2, 0) is 0 Å². The maximum atomic E-state index is 6.51. The second-order valence-electron chi connectivity index (χ2n) is 3.91. The van der Waals surface area contributed by atoms with Gasteiger partial charge < -0.3 is 4.74 Å². The Kier molecular flexibility index (Phi) is 5.02. The molecule has 0 aliphatic heterocycles. The number of methoxy groups -OCH3 is 1. The first-order valence-electron chi connectivity index (χ1n) is 5.45. The highest BCUT2D eigenvalue weighted by Gasteiger charge is 2.18. The molecule has 0 aliphatic carbocycles. The quantitative estimate of drug-likeness (QED) is 0.585. The van der Waals surface area contributed by atoms with Crippen molar-refractivity contribution in [2.24, 2.45) is 0 Å². The lowest BCUT2D eigenvalue weighted by atomic mass is 10.0. The topological polar surface area (TPSA) is 9.23 Å². The number of benzene rings is 2. The molecule has 0 saturated heterocycles. The van der Waals surface area contributed by atoms with Crippen LogP contribution in [-0.4, -0.2) is 7.11 Å². The summed E-state index contributed by atoms with van der Waals surface area (Å²) in [6.07, 6.45) is 0. The first-order chi connectivity index (χ1) is 9.02. The molecule has 0 bridgehead atoms. The molecular weight excluding hydrogens is 370 g/mol. The molecule has 0 fully saturated rings. The fourth-order valence-corrected chi connectivity index (χ4v) is 2.93. The van der Waals surface area contributed by atoms with Crippen LogP contribution in [0.15, 0.2) is 40.9 Å². The van der Waals surface area contributed by atoms with Crippen LogP contribution in [0.25, 0.3) is 0 Å². The molecular formula is C14H10BrCl3O. The summed E-state index contributed by atoms with van der Waals surface area (Å²) in [5.41, 5.74) is 1.60. The Morgan fingerprint density at radius 1 is 1.05 bits per heavy atom. The minimum Gasteiger partial charge on any atom is -0.496 e. The van der Waals surface area contributed by atoms with Crippen LogP contribution < -0.4 is 4.74 Å². The smallest absolute Gasteiger partial charge is 0.125 e. The van der Waals surface area contributed by atoms with Gasteiger partial charge in [-0.15, -0.1) is 11.6 Å². The molecule has 19 heavy (non-hydrogen) atoms. The number of ether oxygens (including phenoxy) is 1. The van der Waals surface area contributed by atoms with Crippen LogP contribution in [0.3, 0.4) is 0 Å². The van der Waals surface area contributed by atoms with Gasteiger partial charge >= 0.3 is 0 Å². The summed E-state index contributed by atoms with van der Waals surface area (Å²) in [5, 5.41) is 0.754. The van der Waals surface area contributed by atoms with Gasteiger partial charge in [0.05, 0.1) is 12.5 Å². The second-order valence-corrected chi connectivity index (χ2v) is 6.11. The second kappa shape index (κ2) is 6.36.